The highest BCUT2D eigenvalue weighted by atomic mass is 16.7. The van der Waals surface area contributed by atoms with Gasteiger partial charge in [-0.2, -0.15) is 0 Å². The number of esters is 4. The zero-order chi connectivity index (χ0) is 37.8. The van der Waals surface area contributed by atoms with Crippen LogP contribution in [0, 0.1) is 0 Å². The third-order valence-electron chi connectivity index (χ3n) is 6.79. The molecule has 0 radical (unpaired) electrons. The van der Waals surface area contributed by atoms with Crippen molar-refractivity contribution in [3.05, 3.63) is 35.9 Å². The number of nitrogens with one attached hydrogen (secondary N) is 3. The molecule has 1 saturated heterocycles. The number of carbonyl (C=O) groups is 7. The van der Waals surface area contributed by atoms with Gasteiger partial charge in [-0.05, 0) is 40.2 Å². The summed E-state index contributed by atoms with van der Waals surface area (Å²) in [5.41, 5.74) is -0.277. The van der Waals surface area contributed by atoms with Crippen molar-refractivity contribution in [3.63, 3.8) is 0 Å². The number of carbonyl (C=O) groups excluding carboxylic acids is 7. The van der Waals surface area contributed by atoms with Crippen LogP contribution in [0.25, 0.3) is 0 Å². The Kier molecular flexibility index (Phi) is 15.6. The minimum absolute atomic E-state index is 0.0472. The molecule has 8 atom stereocenters. The van der Waals surface area contributed by atoms with Crippen LogP contribution < -0.4 is 16.0 Å². The van der Waals surface area contributed by atoms with E-state index < -0.39 is 103 Å². The number of hydrogen-bond acceptors (Lipinski definition) is 14. The van der Waals surface area contributed by atoms with Gasteiger partial charge in [0, 0.05) is 27.7 Å². The van der Waals surface area contributed by atoms with Crippen molar-refractivity contribution in [2.45, 2.75) is 123 Å². The molecule has 17 heteroatoms. The summed E-state index contributed by atoms with van der Waals surface area (Å²) in [5, 5.41) is 7.47. The Morgan fingerprint density at radius 2 is 1.42 bits per heavy atom. The highest BCUT2D eigenvalue weighted by Gasteiger charge is 2.52. The van der Waals surface area contributed by atoms with Crippen LogP contribution in [0.4, 0.5) is 4.79 Å². The van der Waals surface area contributed by atoms with Gasteiger partial charge in [0.15, 0.2) is 24.5 Å². The van der Waals surface area contributed by atoms with Crippen molar-refractivity contribution in [1.82, 2.24) is 16.0 Å². The first kappa shape index (κ1) is 41.4. The second kappa shape index (κ2) is 18.8. The molecule has 1 aliphatic heterocycles. The van der Waals surface area contributed by atoms with Crippen LogP contribution in [-0.4, -0.2) is 103 Å². The van der Waals surface area contributed by atoms with Gasteiger partial charge >= 0.3 is 30.0 Å². The fourth-order valence-corrected chi connectivity index (χ4v) is 4.72. The first-order valence-corrected chi connectivity index (χ1v) is 15.8. The van der Waals surface area contributed by atoms with Gasteiger partial charge in [0.25, 0.3) is 0 Å². The minimum atomic E-state index is -1.55. The van der Waals surface area contributed by atoms with Gasteiger partial charge in [0.1, 0.15) is 37.0 Å². The summed E-state index contributed by atoms with van der Waals surface area (Å²) < 4.78 is 38.8. The Hall–Kier alpha value is -4.77. The number of amides is 3. The third-order valence-corrected chi connectivity index (χ3v) is 6.79. The molecule has 50 heavy (non-hydrogen) atoms. The molecular formula is C33H47N3O14. The molecule has 0 aliphatic carbocycles. The maximum atomic E-state index is 13.4. The van der Waals surface area contributed by atoms with E-state index in [0.29, 0.717) is 0 Å². The number of benzene rings is 1. The minimum Gasteiger partial charge on any atom is -0.463 e. The summed E-state index contributed by atoms with van der Waals surface area (Å²) in [4.78, 5) is 87.3. The lowest BCUT2D eigenvalue weighted by Crippen LogP contribution is -2.67. The van der Waals surface area contributed by atoms with E-state index in [0.717, 1.165) is 26.3 Å². The summed E-state index contributed by atoms with van der Waals surface area (Å²) in [6.45, 7) is 11.5. The number of ether oxygens (including phenoxy) is 7. The molecule has 2 rings (SSSR count). The molecule has 0 saturated carbocycles. The molecule has 1 fully saturated rings. The summed E-state index contributed by atoms with van der Waals surface area (Å²) >= 11 is 0. The molecule has 0 bridgehead atoms. The highest BCUT2D eigenvalue weighted by Crippen LogP contribution is 2.29. The summed E-state index contributed by atoms with van der Waals surface area (Å²) in [6, 6.07) is 4.81. The topological polar surface area (TPSA) is 220 Å². The highest BCUT2D eigenvalue weighted by molar-refractivity contribution is 5.89. The van der Waals surface area contributed by atoms with E-state index in [9.17, 15) is 33.6 Å². The summed E-state index contributed by atoms with van der Waals surface area (Å²) in [6.07, 6.45) is -7.80. The lowest BCUT2D eigenvalue weighted by molar-refractivity contribution is -0.288. The van der Waals surface area contributed by atoms with Crippen LogP contribution in [0.3, 0.4) is 0 Å². The molecular weight excluding hydrogens is 662 g/mol. The molecule has 3 N–H and O–H groups in total. The molecule has 1 heterocycles. The molecule has 0 spiro atoms. The molecule has 0 aromatic heterocycles. The lowest BCUT2D eigenvalue weighted by atomic mass is 9.95. The van der Waals surface area contributed by atoms with Crippen molar-refractivity contribution >= 4 is 41.8 Å². The smallest absolute Gasteiger partial charge is 0.408 e. The average Bonchev–Trinajstić information content (AvgIpc) is 2.99. The van der Waals surface area contributed by atoms with E-state index in [2.05, 4.69) is 16.0 Å². The van der Waals surface area contributed by atoms with Crippen LogP contribution in [0.5, 0.6) is 0 Å². The second-order valence-corrected chi connectivity index (χ2v) is 12.5. The first-order chi connectivity index (χ1) is 23.3. The Balaban J connectivity index is 2.38. The van der Waals surface area contributed by atoms with E-state index >= 15 is 0 Å². The predicted molar refractivity (Wildman–Crippen MR) is 172 cm³/mol. The molecule has 278 valence electrons. The standard InChI is InChI=1S/C33H47N3O14/c1-17(34-32(43)45-15-23-13-11-10-12-14-23)29(41)36-25(30(42)50-33(7,8)9)18(2)46-31-26(35-19(3)37)28(48-22(6)40)27(47-21(5)39)24(49-31)16-44-20(4)38/h10-14,17-18,24-28,31H,15-16H2,1-9H3,(H,34,43)(H,35,37)(H,36,41)/t17-,18+,24+,25-,26+,27-,28+,31-/m0/s1. The third kappa shape index (κ3) is 14.0. The molecule has 0 unspecified atom stereocenters. The lowest BCUT2D eigenvalue weighted by Gasteiger charge is -2.45. The zero-order valence-electron chi connectivity index (χ0n) is 29.6. The maximum absolute atomic E-state index is 13.4. The molecule has 1 aromatic rings. The monoisotopic (exact) mass is 709 g/mol. The normalized spacial score (nSPS) is 22.0. The first-order valence-electron chi connectivity index (χ1n) is 15.8. The molecule has 17 nitrogen and oxygen atoms in total. The molecule has 1 aliphatic rings. The Bertz CT molecular complexity index is 1360. The van der Waals surface area contributed by atoms with Crippen LogP contribution in [0.2, 0.25) is 0 Å². The predicted octanol–water partition coefficient (Wildman–Crippen LogP) is 1.19. The van der Waals surface area contributed by atoms with Gasteiger partial charge in [0.2, 0.25) is 11.8 Å². The van der Waals surface area contributed by atoms with E-state index in [4.69, 9.17) is 33.2 Å². The van der Waals surface area contributed by atoms with Gasteiger partial charge in [0.05, 0.1) is 6.10 Å². The van der Waals surface area contributed by atoms with Crippen LogP contribution >= 0.6 is 0 Å². The Labute approximate surface area is 290 Å². The summed E-state index contributed by atoms with van der Waals surface area (Å²) in [5.74, 6) is -4.66. The quantitative estimate of drug-likeness (QED) is 0.183. The Morgan fingerprint density at radius 1 is 0.820 bits per heavy atom. The SMILES string of the molecule is CC(=O)N[C@H]1[C@@H](O[C@H](C)[C@H](NC(=O)[C@H](C)NC(=O)OCc2ccccc2)C(=O)OC(C)(C)C)O[C@H](COC(C)=O)[C@H](OC(C)=O)[C@@H]1OC(C)=O. The van der Waals surface area contributed by atoms with Gasteiger partial charge in [-0.15, -0.1) is 0 Å². The van der Waals surface area contributed by atoms with Crippen molar-refractivity contribution in [2.75, 3.05) is 6.61 Å². The van der Waals surface area contributed by atoms with E-state index in [1.54, 1.807) is 45.0 Å². The summed E-state index contributed by atoms with van der Waals surface area (Å²) in [7, 11) is 0. The molecule has 1 aromatic carbocycles. The van der Waals surface area contributed by atoms with Gasteiger partial charge in [-0.25, -0.2) is 9.59 Å². The van der Waals surface area contributed by atoms with Crippen molar-refractivity contribution in [1.29, 1.82) is 0 Å². The van der Waals surface area contributed by atoms with E-state index in [1.165, 1.54) is 20.8 Å². The van der Waals surface area contributed by atoms with Crippen molar-refractivity contribution < 1.29 is 66.7 Å². The average molecular weight is 710 g/mol. The fraction of sp³-hybridized carbons (Fsp3) is 0.606. The maximum Gasteiger partial charge on any atom is 0.408 e. The Morgan fingerprint density at radius 3 is 1.96 bits per heavy atom. The van der Waals surface area contributed by atoms with E-state index in [1.807, 2.05) is 6.07 Å². The van der Waals surface area contributed by atoms with Crippen molar-refractivity contribution in [3.8, 4) is 0 Å². The van der Waals surface area contributed by atoms with Gasteiger partial charge < -0.3 is 49.1 Å². The largest absolute Gasteiger partial charge is 0.463 e. The van der Waals surface area contributed by atoms with Crippen LogP contribution in [-0.2, 0) is 68.5 Å². The van der Waals surface area contributed by atoms with E-state index in [-0.39, 0.29) is 6.61 Å². The van der Waals surface area contributed by atoms with Gasteiger partial charge in [-0.3, -0.25) is 24.0 Å². The number of rotatable bonds is 14. The number of alkyl carbamates (subject to hydrolysis) is 1. The van der Waals surface area contributed by atoms with Crippen LogP contribution in [0.15, 0.2) is 30.3 Å². The zero-order valence-corrected chi connectivity index (χ0v) is 29.6. The fourth-order valence-electron chi connectivity index (χ4n) is 4.72. The van der Waals surface area contributed by atoms with Gasteiger partial charge in [-0.1, -0.05) is 30.3 Å². The van der Waals surface area contributed by atoms with Crippen LogP contribution in [0.1, 0.15) is 67.9 Å². The number of hydrogen-bond donors (Lipinski definition) is 3. The molecule has 3 amide bonds. The second-order valence-electron chi connectivity index (χ2n) is 12.5. The van der Waals surface area contributed by atoms with Crippen molar-refractivity contribution in [2.24, 2.45) is 0 Å².